The molecule has 2 fully saturated rings. The molecule has 1 saturated heterocycles. The number of hydrogen-bond acceptors (Lipinski definition) is 3. The van der Waals surface area contributed by atoms with Crippen LogP contribution in [0.5, 0.6) is 0 Å². The molecule has 1 aliphatic heterocycles. The maximum absolute atomic E-state index is 12.3. The van der Waals surface area contributed by atoms with Crippen LogP contribution in [0.15, 0.2) is 0 Å². The molecule has 17 heavy (non-hydrogen) atoms. The van der Waals surface area contributed by atoms with Gasteiger partial charge in [0.05, 0.1) is 23.7 Å². The summed E-state index contributed by atoms with van der Waals surface area (Å²) < 4.78 is 6.04. The quantitative estimate of drug-likeness (QED) is 0.648. The number of carbonyl (C=O) groups excluding carboxylic acids is 1. The number of fused-ring (bicyclic) bond motifs is 1. The van der Waals surface area contributed by atoms with Crippen LogP contribution in [0, 0.1) is 28.1 Å². The van der Waals surface area contributed by atoms with Gasteiger partial charge in [-0.05, 0) is 31.6 Å². The van der Waals surface area contributed by atoms with Crippen molar-refractivity contribution in [3.8, 4) is 6.07 Å². The van der Waals surface area contributed by atoms with Crippen molar-refractivity contribution in [2.45, 2.75) is 59.2 Å². The molecule has 94 valence electrons. The molecular formula is C14H21NO2. The predicted molar refractivity (Wildman–Crippen MR) is 64.2 cm³/mol. The van der Waals surface area contributed by atoms with Crippen molar-refractivity contribution in [1.29, 1.82) is 5.26 Å². The Morgan fingerprint density at radius 2 is 2.06 bits per heavy atom. The molecule has 0 bridgehead atoms. The van der Waals surface area contributed by atoms with Crippen LogP contribution in [0.3, 0.4) is 0 Å². The fourth-order valence-electron chi connectivity index (χ4n) is 3.62. The highest BCUT2D eigenvalue weighted by Crippen LogP contribution is 2.53. The molecule has 1 aliphatic carbocycles. The van der Waals surface area contributed by atoms with Gasteiger partial charge < -0.3 is 4.74 Å². The van der Waals surface area contributed by atoms with Crippen LogP contribution in [-0.2, 0) is 9.53 Å². The van der Waals surface area contributed by atoms with Crippen molar-refractivity contribution in [3.63, 3.8) is 0 Å². The van der Waals surface area contributed by atoms with Crippen molar-refractivity contribution in [3.05, 3.63) is 0 Å². The van der Waals surface area contributed by atoms with Gasteiger partial charge in [-0.1, -0.05) is 20.8 Å². The summed E-state index contributed by atoms with van der Waals surface area (Å²) in [4.78, 5) is 12.3. The second kappa shape index (κ2) is 3.81. The normalized spacial score (nSPS) is 44.9. The van der Waals surface area contributed by atoms with E-state index in [4.69, 9.17) is 10.00 Å². The maximum atomic E-state index is 12.3. The van der Waals surface area contributed by atoms with E-state index in [1.165, 1.54) is 0 Å². The van der Waals surface area contributed by atoms with Crippen LogP contribution in [-0.4, -0.2) is 18.0 Å². The number of nitrogens with zero attached hydrogens (tertiary/aromatic N) is 1. The molecule has 2 aliphatic rings. The molecule has 0 radical (unpaired) electrons. The van der Waals surface area contributed by atoms with Gasteiger partial charge in [-0.2, -0.15) is 5.26 Å². The topological polar surface area (TPSA) is 50.1 Å². The number of nitriles is 1. The molecule has 1 heterocycles. The third-order valence-electron chi connectivity index (χ3n) is 4.56. The van der Waals surface area contributed by atoms with Crippen LogP contribution in [0.25, 0.3) is 0 Å². The van der Waals surface area contributed by atoms with E-state index in [9.17, 15) is 4.79 Å². The summed E-state index contributed by atoms with van der Waals surface area (Å²) in [6, 6.07) is 2.17. The zero-order valence-corrected chi connectivity index (χ0v) is 11.1. The van der Waals surface area contributed by atoms with E-state index in [1.807, 2.05) is 13.8 Å². The van der Waals surface area contributed by atoms with E-state index in [-0.39, 0.29) is 23.4 Å². The number of rotatable bonds is 0. The summed E-state index contributed by atoms with van der Waals surface area (Å²) in [6.07, 6.45) is 2.90. The van der Waals surface area contributed by atoms with E-state index < -0.39 is 11.3 Å². The Bertz CT molecular complexity index is 382. The second-order valence-electron chi connectivity index (χ2n) is 6.49. The lowest BCUT2D eigenvalue weighted by molar-refractivity contribution is -0.194. The van der Waals surface area contributed by atoms with E-state index in [1.54, 1.807) is 0 Å². The standard InChI is InChI=1S/C14H21NO2/c1-9-5-6-14(4)7-10(8-15)11(16)13(2,3)12(14)17-9/h9-10,12H,5-7H2,1-4H3/t9-,10?,12+,14+/m1/s1. The number of ether oxygens (including phenoxy) is 1. The largest absolute Gasteiger partial charge is 0.374 e. The first-order chi connectivity index (χ1) is 7.81. The van der Waals surface area contributed by atoms with Gasteiger partial charge in [0.1, 0.15) is 5.92 Å². The smallest absolute Gasteiger partial charge is 0.158 e. The van der Waals surface area contributed by atoms with Crippen LogP contribution >= 0.6 is 0 Å². The summed E-state index contributed by atoms with van der Waals surface area (Å²) in [6.45, 7) is 8.10. The van der Waals surface area contributed by atoms with Gasteiger partial charge in [0.15, 0.2) is 5.78 Å². The van der Waals surface area contributed by atoms with Crippen LogP contribution in [0.1, 0.15) is 47.0 Å². The molecule has 1 unspecified atom stereocenters. The highest BCUT2D eigenvalue weighted by atomic mass is 16.5. The molecule has 0 N–H and O–H groups in total. The van der Waals surface area contributed by atoms with Crippen LogP contribution in [0.4, 0.5) is 0 Å². The van der Waals surface area contributed by atoms with Crippen molar-refractivity contribution < 1.29 is 9.53 Å². The summed E-state index contributed by atoms with van der Waals surface area (Å²) >= 11 is 0. The van der Waals surface area contributed by atoms with Gasteiger partial charge >= 0.3 is 0 Å². The fraction of sp³-hybridized carbons (Fsp3) is 0.857. The Morgan fingerprint density at radius 3 is 2.65 bits per heavy atom. The number of hydrogen-bond donors (Lipinski definition) is 0. The Labute approximate surface area is 103 Å². The summed E-state index contributed by atoms with van der Waals surface area (Å²) in [7, 11) is 0. The second-order valence-corrected chi connectivity index (χ2v) is 6.49. The minimum Gasteiger partial charge on any atom is -0.374 e. The zero-order valence-electron chi connectivity index (χ0n) is 11.1. The first-order valence-corrected chi connectivity index (χ1v) is 6.40. The van der Waals surface area contributed by atoms with Gasteiger partial charge in [-0.25, -0.2) is 0 Å². The summed E-state index contributed by atoms with van der Waals surface area (Å²) in [5, 5.41) is 9.14. The van der Waals surface area contributed by atoms with Crippen molar-refractivity contribution in [2.75, 3.05) is 0 Å². The Morgan fingerprint density at radius 1 is 1.41 bits per heavy atom. The molecule has 2 rings (SSSR count). The highest BCUT2D eigenvalue weighted by Gasteiger charge is 2.57. The molecule has 3 heteroatoms. The maximum Gasteiger partial charge on any atom is 0.158 e. The average Bonchev–Trinajstić information content (AvgIpc) is 2.27. The lowest BCUT2D eigenvalue weighted by atomic mass is 9.55. The predicted octanol–water partition coefficient (Wildman–Crippen LogP) is 2.70. The third-order valence-corrected chi connectivity index (χ3v) is 4.56. The molecule has 0 aromatic carbocycles. The Kier molecular flexibility index (Phi) is 2.82. The molecular weight excluding hydrogens is 214 g/mol. The minimum atomic E-state index is -0.540. The zero-order chi connectivity index (χ0) is 12.8. The third kappa shape index (κ3) is 1.79. The van der Waals surface area contributed by atoms with Crippen LogP contribution in [0.2, 0.25) is 0 Å². The number of carbonyl (C=O) groups is 1. The lowest BCUT2D eigenvalue weighted by Gasteiger charge is -2.54. The first kappa shape index (κ1) is 12.6. The SMILES string of the molecule is C[C@@H]1CC[C@@]2(C)CC(C#N)C(=O)C(C)(C)[C@@H]2O1. The van der Waals surface area contributed by atoms with Gasteiger partial charge in [0, 0.05) is 0 Å². The monoisotopic (exact) mass is 235 g/mol. The number of ketones is 1. The molecule has 3 nitrogen and oxygen atoms in total. The average molecular weight is 235 g/mol. The van der Waals surface area contributed by atoms with E-state index in [0.29, 0.717) is 6.42 Å². The van der Waals surface area contributed by atoms with E-state index in [2.05, 4.69) is 19.9 Å². The van der Waals surface area contributed by atoms with Gasteiger partial charge in [0.2, 0.25) is 0 Å². The van der Waals surface area contributed by atoms with Crippen molar-refractivity contribution in [2.24, 2.45) is 16.7 Å². The molecule has 1 saturated carbocycles. The molecule has 0 aromatic rings. The Balaban J connectivity index is 2.38. The lowest BCUT2D eigenvalue weighted by Crippen LogP contribution is -2.59. The molecule has 0 aromatic heterocycles. The fourth-order valence-corrected chi connectivity index (χ4v) is 3.62. The summed E-state index contributed by atoms with van der Waals surface area (Å²) in [5.41, 5.74) is -0.563. The van der Waals surface area contributed by atoms with Gasteiger partial charge in [0.25, 0.3) is 0 Å². The van der Waals surface area contributed by atoms with Gasteiger partial charge in [-0.3, -0.25) is 4.79 Å². The van der Waals surface area contributed by atoms with Crippen molar-refractivity contribution in [1.82, 2.24) is 0 Å². The highest BCUT2D eigenvalue weighted by molar-refractivity contribution is 5.90. The summed E-state index contributed by atoms with van der Waals surface area (Å²) in [5.74, 6) is -0.403. The van der Waals surface area contributed by atoms with Crippen molar-refractivity contribution >= 4 is 5.78 Å². The molecule has 0 amide bonds. The van der Waals surface area contributed by atoms with Crippen LogP contribution < -0.4 is 0 Å². The first-order valence-electron chi connectivity index (χ1n) is 6.40. The Hall–Kier alpha value is -0.880. The number of Topliss-reactive ketones (excluding diaryl/α,β-unsaturated/α-hetero) is 1. The van der Waals surface area contributed by atoms with E-state index in [0.717, 1.165) is 12.8 Å². The molecule has 0 spiro atoms. The van der Waals surface area contributed by atoms with Gasteiger partial charge in [-0.15, -0.1) is 0 Å². The van der Waals surface area contributed by atoms with E-state index >= 15 is 0 Å². The minimum absolute atomic E-state index is 0.0235. The molecule has 4 atom stereocenters.